The van der Waals surface area contributed by atoms with Crippen LogP contribution >= 0.6 is 0 Å². The van der Waals surface area contributed by atoms with Crippen molar-refractivity contribution in [2.45, 2.75) is 45.1 Å². The number of likely N-dealkylation sites (N-methyl/N-ethyl adjacent to an activating group) is 2. The number of quaternary nitrogens is 2. The fourth-order valence-electron chi connectivity index (χ4n) is 2.71. The van der Waals surface area contributed by atoms with Crippen molar-refractivity contribution >= 4 is 0 Å². The zero-order valence-corrected chi connectivity index (χ0v) is 11.1. The Hall–Kier alpha value is -0.0800. The summed E-state index contributed by atoms with van der Waals surface area (Å²) in [5.74, 6) is 1.04. The Morgan fingerprint density at radius 1 is 0.933 bits per heavy atom. The second kappa shape index (κ2) is 6.49. The minimum atomic E-state index is 0.951. The second-order valence-electron chi connectivity index (χ2n) is 5.68. The molecule has 1 atom stereocenters. The Morgan fingerprint density at radius 2 is 1.53 bits per heavy atom. The Bertz CT molecular complexity index is 160. The maximum absolute atomic E-state index is 2.39. The van der Waals surface area contributed by atoms with Crippen molar-refractivity contribution in [3.8, 4) is 0 Å². The molecule has 0 aromatic rings. The van der Waals surface area contributed by atoms with E-state index in [4.69, 9.17) is 0 Å². The fraction of sp³-hybridized carbons (Fsp3) is 1.00. The maximum Gasteiger partial charge on any atom is 0.127 e. The van der Waals surface area contributed by atoms with Gasteiger partial charge in [0.1, 0.15) is 13.1 Å². The molecule has 0 aromatic heterocycles. The summed E-state index contributed by atoms with van der Waals surface area (Å²) >= 11 is 0. The molecule has 2 heteroatoms. The van der Waals surface area contributed by atoms with Crippen molar-refractivity contribution in [1.29, 1.82) is 0 Å². The van der Waals surface area contributed by atoms with Crippen LogP contribution in [0.2, 0.25) is 0 Å². The third kappa shape index (κ3) is 4.52. The number of rotatable bonds is 5. The molecule has 0 heterocycles. The van der Waals surface area contributed by atoms with Crippen molar-refractivity contribution in [1.82, 2.24) is 0 Å². The van der Waals surface area contributed by atoms with Crippen molar-refractivity contribution in [2.75, 3.05) is 34.2 Å². The van der Waals surface area contributed by atoms with Gasteiger partial charge >= 0.3 is 0 Å². The van der Waals surface area contributed by atoms with Crippen LogP contribution in [0.1, 0.15) is 39.0 Å². The molecule has 1 rings (SSSR count). The predicted octanol–water partition coefficient (Wildman–Crippen LogP) is -0.386. The van der Waals surface area contributed by atoms with Crippen LogP contribution in [0.3, 0.4) is 0 Å². The van der Waals surface area contributed by atoms with E-state index >= 15 is 0 Å². The Labute approximate surface area is 95.6 Å². The third-order valence-corrected chi connectivity index (χ3v) is 4.14. The molecule has 15 heavy (non-hydrogen) atoms. The second-order valence-corrected chi connectivity index (χ2v) is 5.68. The van der Waals surface area contributed by atoms with Crippen molar-refractivity contribution in [2.24, 2.45) is 5.92 Å². The zero-order valence-electron chi connectivity index (χ0n) is 11.1. The van der Waals surface area contributed by atoms with Crippen LogP contribution < -0.4 is 9.80 Å². The first kappa shape index (κ1) is 13.0. The van der Waals surface area contributed by atoms with Crippen LogP contribution in [0.15, 0.2) is 0 Å². The van der Waals surface area contributed by atoms with Gasteiger partial charge in [0.05, 0.1) is 27.2 Å². The summed E-state index contributed by atoms with van der Waals surface area (Å²) in [6, 6.07) is 0.951. The van der Waals surface area contributed by atoms with Crippen molar-refractivity contribution < 1.29 is 9.80 Å². The molecule has 1 unspecified atom stereocenters. The van der Waals surface area contributed by atoms with E-state index in [1.54, 1.807) is 9.80 Å². The Balaban J connectivity index is 2.20. The molecule has 0 saturated heterocycles. The molecule has 1 aliphatic carbocycles. The van der Waals surface area contributed by atoms with Gasteiger partial charge in [-0.3, -0.25) is 0 Å². The van der Waals surface area contributed by atoms with Gasteiger partial charge in [-0.15, -0.1) is 0 Å². The van der Waals surface area contributed by atoms with E-state index in [1.807, 2.05) is 0 Å². The van der Waals surface area contributed by atoms with Gasteiger partial charge in [0.25, 0.3) is 0 Å². The molecule has 0 amide bonds. The van der Waals surface area contributed by atoms with Gasteiger partial charge in [-0.25, -0.2) is 0 Å². The predicted molar refractivity (Wildman–Crippen MR) is 65.5 cm³/mol. The first-order valence-electron chi connectivity index (χ1n) is 6.74. The number of nitrogens with one attached hydrogen (secondary N) is 2. The first-order valence-corrected chi connectivity index (χ1v) is 6.74. The molecule has 1 fully saturated rings. The van der Waals surface area contributed by atoms with Gasteiger partial charge in [-0.2, -0.15) is 0 Å². The van der Waals surface area contributed by atoms with Crippen LogP contribution in [-0.2, 0) is 0 Å². The zero-order chi connectivity index (χ0) is 11.3. The summed E-state index contributed by atoms with van der Waals surface area (Å²) in [6.07, 6.45) is 7.29. The minimum Gasteiger partial charge on any atom is -0.335 e. The monoisotopic (exact) mass is 214 g/mol. The van der Waals surface area contributed by atoms with Crippen molar-refractivity contribution in [3.63, 3.8) is 0 Å². The lowest BCUT2D eigenvalue weighted by molar-refractivity contribution is -0.946. The molecule has 0 aliphatic heterocycles. The standard InChI is InChI=1S/C13H28N2/c1-5-12-6-8-13(9-7-12)15(4)11-10-14(2)3/h12-13H,5-11H2,1-4H3/p+2. The van der Waals surface area contributed by atoms with Crippen molar-refractivity contribution in [3.05, 3.63) is 0 Å². The van der Waals surface area contributed by atoms with Crippen LogP contribution in [0.5, 0.6) is 0 Å². The lowest BCUT2D eigenvalue weighted by atomic mass is 9.84. The van der Waals surface area contributed by atoms with Gasteiger partial charge < -0.3 is 9.80 Å². The van der Waals surface area contributed by atoms with Crippen LogP contribution in [0.4, 0.5) is 0 Å². The molecule has 0 bridgehead atoms. The summed E-state index contributed by atoms with van der Waals surface area (Å²) in [4.78, 5) is 3.35. The molecule has 2 N–H and O–H groups in total. The lowest BCUT2D eigenvalue weighted by Crippen LogP contribution is -3.18. The highest BCUT2D eigenvalue weighted by molar-refractivity contribution is 4.70. The highest BCUT2D eigenvalue weighted by Gasteiger charge is 2.25. The number of hydrogen-bond donors (Lipinski definition) is 2. The van der Waals surface area contributed by atoms with Gasteiger partial charge in [0.2, 0.25) is 0 Å². The Morgan fingerprint density at radius 3 is 2.00 bits per heavy atom. The number of hydrogen-bond acceptors (Lipinski definition) is 0. The highest BCUT2D eigenvalue weighted by Crippen LogP contribution is 2.24. The van der Waals surface area contributed by atoms with E-state index in [0.717, 1.165) is 12.0 Å². The average Bonchev–Trinajstić information content (AvgIpc) is 2.26. The van der Waals surface area contributed by atoms with E-state index in [-0.39, 0.29) is 0 Å². The van der Waals surface area contributed by atoms with E-state index in [2.05, 4.69) is 28.1 Å². The summed E-state index contributed by atoms with van der Waals surface area (Å²) in [7, 11) is 6.89. The quantitative estimate of drug-likeness (QED) is 0.617. The van der Waals surface area contributed by atoms with Crippen LogP contribution in [0, 0.1) is 5.92 Å². The van der Waals surface area contributed by atoms with E-state index in [0.29, 0.717) is 0 Å². The third-order valence-electron chi connectivity index (χ3n) is 4.14. The highest BCUT2D eigenvalue weighted by atomic mass is 15.2. The summed E-state index contributed by atoms with van der Waals surface area (Å²) in [5.41, 5.74) is 0. The van der Waals surface area contributed by atoms with Gasteiger partial charge in [0.15, 0.2) is 0 Å². The van der Waals surface area contributed by atoms with Gasteiger partial charge in [0, 0.05) is 0 Å². The van der Waals surface area contributed by atoms with Crippen LogP contribution in [0.25, 0.3) is 0 Å². The normalized spacial score (nSPS) is 29.4. The SMILES string of the molecule is CCC1CCC([NH+](C)CC[NH+](C)C)CC1. The molecule has 1 saturated carbocycles. The molecular formula is C13H30N2+2. The molecule has 90 valence electrons. The first-order chi connectivity index (χ1) is 7.13. The summed E-state index contributed by atoms with van der Waals surface area (Å²) in [5, 5.41) is 0. The van der Waals surface area contributed by atoms with Crippen LogP contribution in [-0.4, -0.2) is 40.3 Å². The lowest BCUT2D eigenvalue weighted by Gasteiger charge is -2.31. The van der Waals surface area contributed by atoms with E-state index < -0.39 is 0 Å². The van der Waals surface area contributed by atoms with Gasteiger partial charge in [-0.05, 0) is 31.6 Å². The van der Waals surface area contributed by atoms with Gasteiger partial charge in [-0.1, -0.05) is 13.3 Å². The minimum absolute atomic E-state index is 0.951. The molecule has 0 spiro atoms. The summed E-state index contributed by atoms with van der Waals surface area (Å²) in [6.45, 7) is 4.99. The smallest absolute Gasteiger partial charge is 0.127 e. The fourth-order valence-corrected chi connectivity index (χ4v) is 2.71. The maximum atomic E-state index is 2.39. The molecule has 0 radical (unpaired) electrons. The molecular weight excluding hydrogens is 184 g/mol. The topological polar surface area (TPSA) is 8.88 Å². The van der Waals surface area contributed by atoms with E-state index in [9.17, 15) is 0 Å². The van der Waals surface area contributed by atoms with E-state index in [1.165, 1.54) is 45.2 Å². The molecule has 1 aliphatic rings. The largest absolute Gasteiger partial charge is 0.335 e. The Kier molecular flexibility index (Phi) is 5.62. The molecule has 0 aromatic carbocycles. The molecule has 2 nitrogen and oxygen atoms in total. The average molecular weight is 214 g/mol. The summed E-state index contributed by atoms with van der Waals surface area (Å²) < 4.78 is 0.